The van der Waals surface area contributed by atoms with Gasteiger partial charge in [-0.15, -0.1) is 0 Å². The zero-order chi connectivity index (χ0) is 14.8. The van der Waals surface area contributed by atoms with Gasteiger partial charge in [-0.25, -0.2) is 9.97 Å². The minimum Gasteiger partial charge on any atom is -0.370 e. The standard InChI is InChI=1S/C18H23N3/c1-4-11-19-17-13(3)16(14-7-5-12(2)6-8-14)20-18(21-17)15-9-10-15/h5-8,15H,4,9-11H2,1-3H3,(H,19,20,21). The van der Waals surface area contributed by atoms with E-state index in [2.05, 4.69) is 50.4 Å². The van der Waals surface area contributed by atoms with Crippen molar-refractivity contribution in [1.29, 1.82) is 0 Å². The van der Waals surface area contributed by atoms with Crippen molar-refractivity contribution in [1.82, 2.24) is 9.97 Å². The average molecular weight is 281 g/mol. The molecule has 0 aliphatic heterocycles. The molecule has 1 aromatic carbocycles. The first kappa shape index (κ1) is 14.1. The molecular weight excluding hydrogens is 258 g/mol. The van der Waals surface area contributed by atoms with E-state index in [1.165, 1.54) is 24.0 Å². The van der Waals surface area contributed by atoms with Crippen LogP contribution in [0.5, 0.6) is 0 Å². The highest BCUT2D eigenvalue weighted by molar-refractivity contribution is 5.68. The summed E-state index contributed by atoms with van der Waals surface area (Å²) in [6.07, 6.45) is 3.55. The van der Waals surface area contributed by atoms with Crippen LogP contribution in [0, 0.1) is 13.8 Å². The van der Waals surface area contributed by atoms with Crippen molar-refractivity contribution in [3.8, 4) is 11.3 Å². The topological polar surface area (TPSA) is 37.8 Å². The van der Waals surface area contributed by atoms with Gasteiger partial charge in [0.05, 0.1) is 5.69 Å². The van der Waals surface area contributed by atoms with Gasteiger partial charge in [0.2, 0.25) is 0 Å². The third-order valence-corrected chi connectivity index (χ3v) is 3.97. The molecule has 110 valence electrons. The molecule has 1 heterocycles. The second kappa shape index (κ2) is 5.84. The van der Waals surface area contributed by atoms with E-state index in [-0.39, 0.29) is 0 Å². The van der Waals surface area contributed by atoms with Crippen molar-refractivity contribution in [2.75, 3.05) is 11.9 Å². The molecule has 1 aromatic heterocycles. The van der Waals surface area contributed by atoms with Gasteiger partial charge in [-0.3, -0.25) is 0 Å². The fourth-order valence-electron chi connectivity index (χ4n) is 2.47. The van der Waals surface area contributed by atoms with Crippen molar-refractivity contribution in [2.45, 2.75) is 46.0 Å². The van der Waals surface area contributed by atoms with Crippen LogP contribution in [-0.4, -0.2) is 16.5 Å². The van der Waals surface area contributed by atoms with Gasteiger partial charge in [-0.05, 0) is 33.1 Å². The van der Waals surface area contributed by atoms with E-state index in [1.807, 2.05) is 0 Å². The predicted molar refractivity (Wildman–Crippen MR) is 87.7 cm³/mol. The molecule has 2 aromatic rings. The molecule has 1 saturated carbocycles. The van der Waals surface area contributed by atoms with Crippen molar-refractivity contribution < 1.29 is 0 Å². The van der Waals surface area contributed by atoms with Gasteiger partial charge in [-0.2, -0.15) is 0 Å². The van der Waals surface area contributed by atoms with Crippen molar-refractivity contribution in [3.63, 3.8) is 0 Å². The quantitative estimate of drug-likeness (QED) is 0.879. The zero-order valence-electron chi connectivity index (χ0n) is 13.1. The molecule has 1 fully saturated rings. The van der Waals surface area contributed by atoms with E-state index in [0.29, 0.717) is 5.92 Å². The Balaban J connectivity index is 2.04. The summed E-state index contributed by atoms with van der Waals surface area (Å²) >= 11 is 0. The summed E-state index contributed by atoms with van der Waals surface area (Å²) in [6.45, 7) is 7.35. The fraction of sp³-hybridized carbons (Fsp3) is 0.444. The first-order valence-corrected chi connectivity index (χ1v) is 7.88. The van der Waals surface area contributed by atoms with Gasteiger partial charge in [0, 0.05) is 23.6 Å². The molecule has 0 radical (unpaired) electrons. The number of aryl methyl sites for hydroxylation is 1. The maximum Gasteiger partial charge on any atom is 0.134 e. The highest BCUT2D eigenvalue weighted by Gasteiger charge is 2.28. The molecule has 0 atom stereocenters. The van der Waals surface area contributed by atoms with Crippen LogP contribution < -0.4 is 5.32 Å². The molecule has 3 nitrogen and oxygen atoms in total. The Morgan fingerprint density at radius 3 is 2.43 bits per heavy atom. The Hall–Kier alpha value is -1.90. The van der Waals surface area contributed by atoms with Gasteiger partial charge < -0.3 is 5.32 Å². The maximum atomic E-state index is 4.85. The number of nitrogens with one attached hydrogen (secondary N) is 1. The van der Waals surface area contributed by atoms with E-state index in [9.17, 15) is 0 Å². The molecule has 0 spiro atoms. The first-order chi connectivity index (χ1) is 10.2. The van der Waals surface area contributed by atoms with Crippen LogP contribution in [0.1, 0.15) is 49.1 Å². The molecule has 21 heavy (non-hydrogen) atoms. The monoisotopic (exact) mass is 281 g/mol. The summed E-state index contributed by atoms with van der Waals surface area (Å²) in [4.78, 5) is 9.61. The zero-order valence-corrected chi connectivity index (χ0v) is 13.1. The summed E-state index contributed by atoms with van der Waals surface area (Å²) in [5.74, 6) is 2.58. The van der Waals surface area contributed by atoms with Gasteiger partial charge in [0.15, 0.2) is 0 Å². The fourth-order valence-corrected chi connectivity index (χ4v) is 2.47. The van der Waals surface area contributed by atoms with E-state index < -0.39 is 0 Å². The Morgan fingerprint density at radius 1 is 1.10 bits per heavy atom. The summed E-state index contributed by atoms with van der Waals surface area (Å²) < 4.78 is 0. The summed E-state index contributed by atoms with van der Waals surface area (Å²) in [5, 5.41) is 3.46. The second-order valence-electron chi connectivity index (χ2n) is 5.97. The van der Waals surface area contributed by atoms with Crippen molar-refractivity contribution in [3.05, 3.63) is 41.2 Å². The Morgan fingerprint density at radius 2 is 1.81 bits per heavy atom. The van der Waals surface area contributed by atoms with Crippen molar-refractivity contribution in [2.24, 2.45) is 0 Å². The minimum atomic E-state index is 0.567. The van der Waals surface area contributed by atoms with Crippen LogP contribution in [0.4, 0.5) is 5.82 Å². The van der Waals surface area contributed by atoms with Crippen LogP contribution in [0.2, 0.25) is 0 Å². The number of hydrogen-bond donors (Lipinski definition) is 1. The number of rotatable bonds is 5. The molecule has 1 aliphatic rings. The molecule has 0 saturated heterocycles. The summed E-state index contributed by atoms with van der Waals surface area (Å²) in [7, 11) is 0. The highest BCUT2D eigenvalue weighted by Crippen LogP contribution is 2.40. The lowest BCUT2D eigenvalue weighted by Crippen LogP contribution is -2.08. The van der Waals surface area contributed by atoms with E-state index in [1.54, 1.807) is 0 Å². The van der Waals surface area contributed by atoms with Crippen LogP contribution in [0.25, 0.3) is 11.3 Å². The van der Waals surface area contributed by atoms with Gasteiger partial charge in [0.1, 0.15) is 11.6 Å². The second-order valence-corrected chi connectivity index (χ2v) is 5.97. The molecule has 0 bridgehead atoms. The first-order valence-electron chi connectivity index (χ1n) is 7.88. The van der Waals surface area contributed by atoms with E-state index in [4.69, 9.17) is 9.97 Å². The normalized spacial score (nSPS) is 14.2. The van der Waals surface area contributed by atoms with Gasteiger partial charge in [0.25, 0.3) is 0 Å². The minimum absolute atomic E-state index is 0.567. The number of aromatic nitrogens is 2. The van der Waals surface area contributed by atoms with Crippen LogP contribution >= 0.6 is 0 Å². The molecule has 0 amide bonds. The SMILES string of the molecule is CCCNc1nc(C2CC2)nc(-c2ccc(C)cc2)c1C. The largest absolute Gasteiger partial charge is 0.370 e. The number of nitrogens with zero attached hydrogens (tertiary/aromatic N) is 2. The molecule has 0 unspecified atom stereocenters. The summed E-state index contributed by atoms with van der Waals surface area (Å²) in [6, 6.07) is 8.61. The van der Waals surface area contributed by atoms with Crippen molar-refractivity contribution >= 4 is 5.82 Å². The lowest BCUT2D eigenvalue weighted by atomic mass is 10.1. The molecular formula is C18H23N3. The molecule has 1 N–H and O–H groups in total. The molecule has 1 aliphatic carbocycles. The van der Waals surface area contributed by atoms with Crippen LogP contribution in [0.15, 0.2) is 24.3 Å². The van der Waals surface area contributed by atoms with Crippen LogP contribution in [0.3, 0.4) is 0 Å². The Bertz CT molecular complexity index is 628. The van der Waals surface area contributed by atoms with E-state index in [0.717, 1.165) is 35.9 Å². The average Bonchev–Trinajstić information content (AvgIpc) is 3.32. The maximum absolute atomic E-state index is 4.85. The number of anilines is 1. The third kappa shape index (κ3) is 3.07. The Labute approximate surface area is 126 Å². The highest BCUT2D eigenvalue weighted by atomic mass is 15.0. The van der Waals surface area contributed by atoms with Gasteiger partial charge >= 0.3 is 0 Å². The summed E-state index contributed by atoms with van der Waals surface area (Å²) in [5.41, 5.74) is 4.68. The third-order valence-electron chi connectivity index (χ3n) is 3.97. The smallest absolute Gasteiger partial charge is 0.134 e. The molecule has 3 heteroatoms. The van der Waals surface area contributed by atoms with Crippen LogP contribution in [-0.2, 0) is 0 Å². The number of benzene rings is 1. The molecule has 3 rings (SSSR count). The van der Waals surface area contributed by atoms with Gasteiger partial charge in [-0.1, -0.05) is 36.8 Å². The number of hydrogen-bond acceptors (Lipinski definition) is 3. The lowest BCUT2D eigenvalue weighted by Gasteiger charge is -2.14. The Kier molecular flexibility index (Phi) is 3.91. The lowest BCUT2D eigenvalue weighted by molar-refractivity contribution is 0.902. The van der Waals surface area contributed by atoms with E-state index >= 15 is 0 Å². The predicted octanol–water partition coefficient (Wildman–Crippen LogP) is 4.46.